The van der Waals surface area contributed by atoms with E-state index >= 15 is 0 Å². The highest BCUT2D eigenvalue weighted by atomic mass is 16.5. The number of ether oxygens (including phenoxy) is 1. The normalized spacial score (nSPS) is 13.1. The summed E-state index contributed by atoms with van der Waals surface area (Å²) in [6.45, 7) is 12.8. The van der Waals surface area contributed by atoms with E-state index < -0.39 is 0 Å². The smallest absolute Gasteiger partial charge is 0.163 e. The summed E-state index contributed by atoms with van der Waals surface area (Å²) < 4.78 is 6.51. The lowest BCUT2D eigenvalue weighted by Gasteiger charge is -2.23. The Kier molecular flexibility index (Phi) is 4.90. The lowest BCUT2D eigenvalue weighted by Crippen LogP contribution is -2.24. The van der Waals surface area contributed by atoms with Crippen molar-refractivity contribution in [3.05, 3.63) is 84.6 Å². The fourth-order valence-electron chi connectivity index (χ4n) is 5.27. The van der Waals surface area contributed by atoms with Gasteiger partial charge in [-0.3, -0.25) is 4.98 Å². The minimum atomic E-state index is -0.192. The van der Waals surface area contributed by atoms with Gasteiger partial charge in [0.2, 0.25) is 0 Å². The van der Waals surface area contributed by atoms with Crippen molar-refractivity contribution < 1.29 is 4.74 Å². The molecule has 39 heavy (non-hydrogen) atoms. The molecule has 0 aliphatic carbocycles. The van der Waals surface area contributed by atoms with Crippen LogP contribution in [-0.2, 0) is 10.8 Å². The standard InChI is InChI=1S/C34H30N4O/c1-33(2,3)31-36-30(37-32(38-31)34(4,5)6)22-12-11-21-18-27-28-23(24(21)16-22)13-14-35-29(28)25-15-19-9-7-8-10-20(19)17-26(25)39-27/h7-18H,1-6H3. The lowest BCUT2D eigenvalue weighted by molar-refractivity contribution is 0.488. The van der Waals surface area contributed by atoms with Crippen LogP contribution in [-0.4, -0.2) is 19.9 Å². The molecular formula is C34H30N4O. The van der Waals surface area contributed by atoms with Crippen molar-refractivity contribution in [2.24, 2.45) is 0 Å². The van der Waals surface area contributed by atoms with E-state index in [0.717, 1.165) is 66.9 Å². The van der Waals surface area contributed by atoms with E-state index in [4.69, 9.17) is 24.7 Å². The van der Waals surface area contributed by atoms with Crippen LogP contribution in [0.4, 0.5) is 0 Å². The van der Waals surface area contributed by atoms with Gasteiger partial charge in [-0.05, 0) is 57.3 Å². The maximum atomic E-state index is 6.51. The van der Waals surface area contributed by atoms with Crippen LogP contribution in [0.2, 0.25) is 0 Å². The molecule has 2 aromatic heterocycles. The number of nitrogens with zero attached hydrogens (tertiary/aromatic N) is 4. The molecule has 0 N–H and O–H groups in total. The Morgan fingerprint density at radius 1 is 0.615 bits per heavy atom. The second kappa shape index (κ2) is 8.06. The lowest BCUT2D eigenvalue weighted by atomic mass is 9.92. The zero-order chi connectivity index (χ0) is 27.1. The van der Waals surface area contributed by atoms with Crippen molar-refractivity contribution >= 4 is 32.3 Å². The Balaban J connectivity index is 1.47. The number of aromatic nitrogens is 4. The summed E-state index contributed by atoms with van der Waals surface area (Å²) in [5.41, 5.74) is 2.56. The molecular weight excluding hydrogens is 480 g/mol. The van der Waals surface area contributed by atoms with Gasteiger partial charge in [-0.2, -0.15) is 0 Å². The maximum Gasteiger partial charge on any atom is 0.163 e. The minimum absolute atomic E-state index is 0.192. The molecule has 5 nitrogen and oxygen atoms in total. The van der Waals surface area contributed by atoms with Gasteiger partial charge in [0, 0.05) is 28.2 Å². The molecule has 0 bridgehead atoms. The van der Waals surface area contributed by atoms with E-state index in [1.54, 1.807) is 0 Å². The predicted molar refractivity (Wildman–Crippen MR) is 158 cm³/mol. The summed E-state index contributed by atoms with van der Waals surface area (Å²) in [5, 5.41) is 6.69. The molecule has 6 aromatic rings. The van der Waals surface area contributed by atoms with Crippen LogP contribution >= 0.6 is 0 Å². The third kappa shape index (κ3) is 3.84. The molecule has 0 unspecified atom stereocenters. The van der Waals surface area contributed by atoms with Gasteiger partial charge in [-0.1, -0.05) is 77.9 Å². The minimum Gasteiger partial charge on any atom is -0.456 e. The van der Waals surface area contributed by atoms with Gasteiger partial charge in [0.1, 0.15) is 23.1 Å². The highest BCUT2D eigenvalue weighted by molar-refractivity contribution is 6.16. The van der Waals surface area contributed by atoms with Gasteiger partial charge in [0.15, 0.2) is 5.82 Å². The van der Waals surface area contributed by atoms with Crippen LogP contribution in [0.3, 0.4) is 0 Å². The van der Waals surface area contributed by atoms with Crippen LogP contribution < -0.4 is 4.74 Å². The van der Waals surface area contributed by atoms with E-state index in [1.807, 2.05) is 6.20 Å². The summed E-state index contributed by atoms with van der Waals surface area (Å²) in [5.74, 6) is 3.98. The average Bonchev–Trinajstić information content (AvgIpc) is 2.91. The average molecular weight is 511 g/mol. The van der Waals surface area contributed by atoms with Crippen LogP contribution in [0, 0.1) is 0 Å². The van der Waals surface area contributed by atoms with Crippen LogP contribution in [0.15, 0.2) is 72.9 Å². The van der Waals surface area contributed by atoms with Crippen LogP contribution in [0.1, 0.15) is 53.2 Å². The molecule has 1 aliphatic heterocycles. The fourth-order valence-corrected chi connectivity index (χ4v) is 5.27. The number of fused-ring (bicyclic) bond motifs is 5. The Morgan fingerprint density at radius 3 is 1.97 bits per heavy atom. The number of hydrogen-bond donors (Lipinski definition) is 0. The van der Waals surface area contributed by atoms with E-state index in [2.05, 4.69) is 108 Å². The number of benzene rings is 4. The molecule has 192 valence electrons. The second-order valence-electron chi connectivity index (χ2n) is 12.5. The maximum absolute atomic E-state index is 6.51. The van der Waals surface area contributed by atoms with Gasteiger partial charge >= 0.3 is 0 Å². The number of hydrogen-bond acceptors (Lipinski definition) is 5. The van der Waals surface area contributed by atoms with Gasteiger partial charge in [0.25, 0.3) is 0 Å². The molecule has 0 radical (unpaired) electrons. The third-order valence-corrected chi connectivity index (χ3v) is 7.39. The largest absolute Gasteiger partial charge is 0.456 e. The molecule has 0 amide bonds. The van der Waals surface area contributed by atoms with Gasteiger partial charge < -0.3 is 4.74 Å². The van der Waals surface area contributed by atoms with Gasteiger partial charge in [0.05, 0.1) is 11.1 Å². The molecule has 0 fully saturated rings. The summed E-state index contributed by atoms with van der Waals surface area (Å²) in [6, 6.07) is 23.3. The molecule has 0 spiro atoms. The van der Waals surface area contributed by atoms with E-state index in [1.165, 1.54) is 5.39 Å². The molecule has 3 heterocycles. The Hall–Kier alpha value is -4.38. The Bertz CT molecular complexity index is 1930. The zero-order valence-electron chi connectivity index (χ0n) is 23.1. The molecule has 5 heteroatoms. The van der Waals surface area contributed by atoms with E-state index in [0.29, 0.717) is 5.82 Å². The zero-order valence-corrected chi connectivity index (χ0v) is 23.1. The first kappa shape index (κ1) is 23.7. The summed E-state index contributed by atoms with van der Waals surface area (Å²) in [4.78, 5) is 19.6. The quantitative estimate of drug-likeness (QED) is 0.207. The van der Waals surface area contributed by atoms with Crippen molar-refractivity contribution in [2.45, 2.75) is 52.4 Å². The first-order valence-corrected chi connectivity index (χ1v) is 13.4. The SMILES string of the molecule is CC(C)(C)c1nc(-c2ccc3cc4c5c(nccc5c3c2)-c2cc3ccccc3cc2O4)nc(C(C)(C)C)n1. The molecule has 4 aromatic carbocycles. The molecule has 7 rings (SSSR count). The Labute approximate surface area is 227 Å². The summed E-state index contributed by atoms with van der Waals surface area (Å²) in [7, 11) is 0. The van der Waals surface area contributed by atoms with E-state index in [-0.39, 0.29) is 10.8 Å². The molecule has 0 saturated carbocycles. The van der Waals surface area contributed by atoms with E-state index in [9.17, 15) is 0 Å². The third-order valence-electron chi connectivity index (χ3n) is 7.39. The highest BCUT2D eigenvalue weighted by Crippen LogP contribution is 2.49. The first-order valence-electron chi connectivity index (χ1n) is 13.4. The molecule has 1 aliphatic rings. The van der Waals surface area contributed by atoms with Crippen molar-refractivity contribution in [3.63, 3.8) is 0 Å². The fraction of sp³-hybridized carbons (Fsp3) is 0.235. The van der Waals surface area contributed by atoms with Crippen LogP contribution in [0.25, 0.3) is 55.0 Å². The molecule has 0 atom stereocenters. The van der Waals surface area contributed by atoms with Crippen molar-refractivity contribution in [2.75, 3.05) is 0 Å². The first-order chi connectivity index (χ1) is 18.6. The van der Waals surface area contributed by atoms with Crippen molar-refractivity contribution in [1.29, 1.82) is 0 Å². The van der Waals surface area contributed by atoms with Crippen molar-refractivity contribution in [1.82, 2.24) is 19.9 Å². The summed E-state index contributed by atoms with van der Waals surface area (Å²) in [6.07, 6.45) is 1.90. The van der Waals surface area contributed by atoms with Crippen LogP contribution in [0.5, 0.6) is 11.5 Å². The number of rotatable bonds is 1. The van der Waals surface area contributed by atoms with Gasteiger partial charge in [-0.25, -0.2) is 15.0 Å². The number of pyridine rings is 1. The van der Waals surface area contributed by atoms with Gasteiger partial charge in [-0.15, -0.1) is 0 Å². The summed E-state index contributed by atoms with van der Waals surface area (Å²) >= 11 is 0. The topological polar surface area (TPSA) is 60.8 Å². The second-order valence-corrected chi connectivity index (χ2v) is 12.5. The highest BCUT2D eigenvalue weighted by Gasteiger charge is 2.26. The van der Waals surface area contributed by atoms with Crippen molar-refractivity contribution in [3.8, 4) is 34.1 Å². The predicted octanol–water partition coefficient (Wildman–Crippen LogP) is 8.76. The Morgan fingerprint density at radius 2 is 1.28 bits per heavy atom. The monoisotopic (exact) mass is 510 g/mol. The molecule has 0 saturated heterocycles.